The summed E-state index contributed by atoms with van der Waals surface area (Å²) in [6, 6.07) is 11.6. The lowest BCUT2D eigenvalue weighted by atomic mass is 10.0. The molecule has 0 saturated heterocycles. The highest BCUT2D eigenvalue weighted by Crippen LogP contribution is 2.35. The number of carbonyl (C=O) groups is 1. The molecule has 10 heteroatoms. The van der Waals surface area contributed by atoms with Crippen LogP contribution in [0.1, 0.15) is 44.0 Å². The van der Waals surface area contributed by atoms with Gasteiger partial charge in [0.1, 0.15) is 5.75 Å². The zero-order valence-electron chi connectivity index (χ0n) is 18.0. The SMILES string of the molecule is CCc1nc(CN2C(=O)COc3ccc(S(=O)(=O)Nc4ccc(C(C)C)cc4)cc32)no1. The second kappa shape index (κ2) is 8.62. The highest BCUT2D eigenvalue weighted by atomic mass is 32.2. The second-order valence-electron chi connectivity index (χ2n) is 7.74. The summed E-state index contributed by atoms with van der Waals surface area (Å²) in [7, 11) is -3.89. The average Bonchev–Trinajstić information content (AvgIpc) is 3.23. The highest BCUT2D eigenvalue weighted by molar-refractivity contribution is 7.92. The van der Waals surface area contributed by atoms with E-state index in [1.165, 1.54) is 17.0 Å². The van der Waals surface area contributed by atoms with E-state index in [9.17, 15) is 13.2 Å². The van der Waals surface area contributed by atoms with Gasteiger partial charge in [-0.2, -0.15) is 4.98 Å². The number of anilines is 2. The number of aryl methyl sites for hydroxylation is 1. The number of aromatic nitrogens is 2. The van der Waals surface area contributed by atoms with Gasteiger partial charge in [0.05, 0.1) is 17.1 Å². The van der Waals surface area contributed by atoms with Crippen LogP contribution < -0.4 is 14.4 Å². The minimum absolute atomic E-state index is 0.00912. The number of amides is 1. The standard InChI is InChI=1S/C22H24N4O5S/c1-4-21-23-20(24-31-21)12-26-18-11-17(9-10-19(18)30-13-22(26)27)32(28,29)25-16-7-5-15(6-8-16)14(2)3/h5-11,14,25H,4,12-13H2,1-3H3. The lowest BCUT2D eigenvalue weighted by Gasteiger charge is -2.28. The van der Waals surface area contributed by atoms with Gasteiger partial charge < -0.3 is 9.26 Å². The van der Waals surface area contributed by atoms with Gasteiger partial charge >= 0.3 is 0 Å². The zero-order chi connectivity index (χ0) is 22.9. The summed E-state index contributed by atoms with van der Waals surface area (Å²) in [5.74, 6) is 1.22. The van der Waals surface area contributed by atoms with Gasteiger partial charge in [0, 0.05) is 12.1 Å². The van der Waals surface area contributed by atoms with E-state index in [0.717, 1.165) is 5.56 Å². The van der Waals surface area contributed by atoms with E-state index in [0.29, 0.717) is 41.2 Å². The molecule has 4 rings (SSSR count). The molecule has 1 aliphatic heterocycles. The number of sulfonamides is 1. The number of nitrogens with one attached hydrogen (secondary N) is 1. The van der Waals surface area contributed by atoms with Gasteiger partial charge in [0.25, 0.3) is 15.9 Å². The van der Waals surface area contributed by atoms with Crippen LogP contribution in [0.2, 0.25) is 0 Å². The number of carbonyl (C=O) groups excluding carboxylic acids is 1. The summed E-state index contributed by atoms with van der Waals surface area (Å²) >= 11 is 0. The molecule has 1 aromatic heterocycles. The smallest absolute Gasteiger partial charge is 0.265 e. The molecular formula is C22H24N4O5S. The van der Waals surface area contributed by atoms with Crippen molar-refractivity contribution in [3.8, 4) is 5.75 Å². The number of nitrogens with zero attached hydrogens (tertiary/aromatic N) is 3. The number of rotatable bonds is 7. The first kappa shape index (κ1) is 21.8. The van der Waals surface area contributed by atoms with Crippen LogP contribution in [-0.2, 0) is 27.8 Å². The van der Waals surface area contributed by atoms with Crippen LogP contribution in [0.25, 0.3) is 0 Å². The molecule has 0 spiro atoms. The topological polar surface area (TPSA) is 115 Å². The Hall–Kier alpha value is -3.40. The van der Waals surface area contributed by atoms with Crippen LogP contribution >= 0.6 is 0 Å². The van der Waals surface area contributed by atoms with Crippen molar-refractivity contribution in [3.05, 3.63) is 59.7 Å². The van der Waals surface area contributed by atoms with E-state index >= 15 is 0 Å². The van der Waals surface area contributed by atoms with Gasteiger partial charge in [-0.3, -0.25) is 14.4 Å². The average molecular weight is 457 g/mol. The molecule has 0 unspecified atom stereocenters. The molecule has 3 aromatic rings. The maximum absolute atomic E-state index is 13.0. The molecule has 1 N–H and O–H groups in total. The Labute approximate surface area is 186 Å². The predicted molar refractivity (Wildman–Crippen MR) is 118 cm³/mol. The normalized spacial score (nSPS) is 13.8. The number of hydrogen-bond donors (Lipinski definition) is 1. The summed E-state index contributed by atoms with van der Waals surface area (Å²) in [6.07, 6.45) is 0.576. The molecule has 2 aromatic carbocycles. The minimum atomic E-state index is -3.89. The van der Waals surface area contributed by atoms with Crippen LogP contribution in [0.3, 0.4) is 0 Å². The summed E-state index contributed by atoms with van der Waals surface area (Å²) in [6.45, 7) is 5.91. The number of hydrogen-bond acceptors (Lipinski definition) is 7. The maximum atomic E-state index is 13.0. The van der Waals surface area contributed by atoms with E-state index in [1.807, 2.05) is 19.1 Å². The van der Waals surface area contributed by atoms with Crippen molar-refractivity contribution in [2.75, 3.05) is 16.2 Å². The van der Waals surface area contributed by atoms with E-state index < -0.39 is 10.0 Å². The summed E-state index contributed by atoms with van der Waals surface area (Å²) in [4.78, 5) is 18.2. The molecule has 0 aliphatic carbocycles. The molecule has 0 bridgehead atoms. The Balaban J connectivity index is 1.62. The van der Waals surface area contributed by atoms with E-state index in [1.54, 1.807) is 18.2 Å². The molecular weight excluding hydrogens is 432 g/mol. The first-order valence-electron chi connectivity index (χ1n) is 10.3. The van der Waals surface area contributed by atoms with Crippen molar-refractivity contribution in [3.63, 3.8) is 0 Å². The predicted octanol–water partition coefficient (Wildman–Crippen LogP) is 3.48. The highest BCUT2D eigenvalue weighted by Gasteiger charge is 2.29. The molecule has 0 atom stereocenters. The van der Waals surface area contributed by atoms with E-state index in [-0.39, 0.29) is 24.0 Å². The van der Waals surface area contributed by atoms with Crippen LogP contribution in [-0.4, -0.2) is 31.1 Å². The van der Waals surface area contributed by atoms with Crippen molar-refractivity contribution in [2.24, 2.45) is 0 Å². The Morgan fingerprint density at radius 1 is 1.16 bits per heavy atom. The third-order valence-electron chi connectivity index (χ3n) is 5.13. The summed E-state index contributed by atoms with van der Waals surface area (Å²) in [5.41, 5.74) is 1.90. The molecule has 0 saturated carbocycles. The summed E-state index contributed by atoms with van der Waals surface area (Å²) in [5, 5.41) is 3.88. The quantitative estimate of drug-likeness (QED) is 0.579. The molecule has 0 fully saturated rings. The van der Waals surface area contributed by atoms with Gasteiger partial charge in [0.15, 0.2) is 12.4 Å². The number of fused-ring (bicyclic) bond motifs is 1. The Bertz CT molecular complexity index is 1240. The van der Waals surface area contributed by atoms with Crippen molar-refractivity contribution in [1.29, 1.82) is 0 Å². The van der Waals surface area contributed by atoms with Crippen molar-refractivity contribution in [2.45, 2.75) is 44.6 Å². The van der Waals surface area contributed by atoms with Crippen LogP contribution in [0.5, 0.6) is 5.75 Å². The second-order valence-corrected chi connectivity index (χ2v) is 9.42. The van der Waals surface area contributed by atoms with E-state index in [2.05, 4.69) is 28.7 Å². The van der Waals surface area contributed by atoms with Gasteiger partial charge in [-0.25, -0.2) is 8.42 Å². The number of ether oxygens (including phenoxy) is 1. The van der Waals surface area contributed by atoms with Crippen LogP contribution in [0.4, 0.5) is 11.4 Å². The zero-order valence-corrected chi connectivity index (χ0v) is 18.8. The molecule has 2 heterocycles. The van der Waals surface area contributed by atoms with E-state index in [4.69, 9.17) is 9.26 Å². The number of benzene rings is 2. The molecule has 32 heavy (non-hydrogen) atoms. The van der Waals surface area contributed by atoms with Crippen LogP contribution in [0, 0.1) is 0 Å². The molecule has 0 radical (unpaired) electrons. The first-order chi connectivity index (χ1) is 15.3. The van der Waals surface area contributed by atoms with Crippen molar-refractivity contribution in [1.82, 2.24) is 10.1 Å². The van der Waals surface area contributed by atoms with Gasteiger partial charge in [-0.05, 0) is 41.8 Å². The molecule has 1 amide bonds. The molecule has 9 nitrogen and oxygen atoms in total. The maximum Gasteiger partial charge on any atom is 0.265 e. The Morgan fingerprint density at radius 2 is 1.91 bits per heavy atom. The lowest BCUT2D eigenvalue weighted by molar-refractivity contribution is -0.121. The first-order valence-corrected chi connectivity index (χ1v) is 11.8. The fourth-order valence-corrected chi connectivity index (χ4v) is 4.39. The van der Waals surface area contributed by atoms with Gasteiger partial charge in [-0.1, -0.05) is 38.1 Å². The Kier molecular flexibility index (Phi) is 5.88. The molecule has 1 aliphatic rings. The Morgan fingerprint density at radius 3 is 2.56 bits per heavy atom. The molecule has 168 valence electrons. The fourth-order valence-electron chi connectivity index (χ4n) is 3.31. The van der Waals surface area contributed by atoms with Crippen molar-refractivity contribution < 1.29 is 22.5 Å². The minimum Gasteiger partial charge on any atom is -0.482 e. The monoisotopic (exact) mass is 456 g/mol. The third kappa shape index (κ3) is 4.45. The summed E-state index contributed by atoms with van der Waals surface area (Å²) < 4.78 is 39.2. The largest absolute Gasteiger partial charge is 0.482 e. The van der Waals surface area contributed by atoms with Gasteiger partial charge in [0.2, 0.25) is 5.89 Å². The van der Waals surface area contributed by atoms with Gasteiger partial charge in [-0.15, -0.1) is 0 Å². The third-order valence-corrected chi connectivity index (χ3v) is 6.50. The lowest BCUT2D eigenvalue weighted by Crippen LogP contribution is -2.38. The van der Waals surface area contributed by atoms with Crippen LogP contribution in [0.15, 0.2) is 51.9 Å². The fraction of sp³-hybridized carbons (Fsp3) is 0.318. The van der Waals surface area contributed by atoms with Crippen molar-refractivity contribution >= 4 is 27.3 Å².